The van der Waals surface area contributed by atoms with Gasteiger partial charge in [-0.15, -0.1) is 0 Å². The molecule has 0 amide bonds. The summed E-state index contributed by atoms with van der Waals surface area (Å²) in [6.45, 7) is 2.28. The lowest BCUT2D eigenvalue weighted by molar-refractivity contribution is 0.311. The van der Waals surface area contributed by atoms with Gasteiger partial charge >= 0.3 is 0 Å². The molecule has 4 nitrogen and oxygen atoms in total. The Morgan fingerprint density at radius 1 is 1.32 bits per heavy atom. The second-order valence-corrected chi connectivity index (χ2v) is 5.57. The second kappa shape index (κ2) is 6.42. The van der Waals surface area contributed by atoms with Crippen molar-refractivity contribution in [3.63, 3.8) is 0 Å². The Kier molecular flexibility index (Phi) is 4.86. The molecule has 0 radical (unpaired) electrons. The zero-order chi connectivity index (χ0) is 13.8. The van der Waals surface area contributed by atoms with E-state index in [9.17, 15) is 0 Å². The Hall–Kier alpha value is -1.03. The van der Waals surface area contributed by atoms with Gasteiger partial charge in [-0.3, -0.25) is 0 Å². The third-order valence-corrected chi connectivity index (χ3v) is 4.49. The Labute approximate surface area is 120 Å². The molecule has 0 saturated heterocycles. The third-order valence-electron chi connectivity index (χ3n) is 4.22. The lowest BCUT2D eigenvalue weighted by Gasteiger charge is -2.35. The number of hydrogen-bond acceptors (Lipinski definition) is 4. The molecule has 0 bridgehead atoms. The maximum absolute atomic E-state index is 6.06. The van der Waals surface area contributed by atoms with Gasteiger partial charge in [-0.25, -0.2) is 9.97 Å². The molecule has 1 aromatic rings. The largest absolute Gasteiger partial charge is 0.490 e. The van der Waals surface area contributed by atoms with Gasteiger partial charge in [-0.2, -0.15) is 0 Å². The Bertz CT molecular complexity index is 419. The normalized spacial score (nSPS) is 23.2. The van der Waals surface area contributed by atoms with Crippen LogP contribution in [0.1, 0.15) is 39.0 Å². The van der Waals surface area contributed by atoms with Gasteiger partial charge in [0, 0.05) is 13.1 Å². The molecule has 0 atom stereocenters. The molecule has 19 heavy (non-hydrogen) atoms. The van der Waals surface area contributed by atoms with Crippen LogP contribution >= 0.6 is 11.6 Å². The molecule has 1 aliphatic rings. The highest BCUT2D eigenvalue weighted by Gasteiger charge is 2.26. The molecule has 1 heterocycles. The summed E-state index contributed by atoms with van der Waals surface area (Å²) in [5.41, 5.74) is 0. The van der Waals surface area contributed by atoms with Gasteiger partial charge in [-0.05, 0) is 31.6 Å². The first-order valence-electron chi connectivity index (χ1n) is 6.94. The van der Waals surface area contributed by atoms with Crippen LogP contribution in [-0.4, -0.2) is 30.2 Å². The summed E-state index contributed by atoms with van der Waals surface area (Å²) in [5.74, 6) is 2.26. The fraction of sp³-hybridized carbons (Fsp3) is 0.714. The minimum Gasteiger partial charge on any atom is -0.490 e. The van der Waals surface area contributed by atoms with Crippen molar-refractivity contribution in [3.8, 4) is 5.75 Å². The van der Waals surface area contributed by atoms with Crippen LogP contribution in [0.4, 0.5) is 5.82 Å². The molecule has 0 N–H and O–H groups in total. The number of anilines is 1. The number of methoxy groups -OCH3 is 1. The monoisotopic (exact) mass is 283 g/mol. The minimum absolute atomic E-state index is 0.376. The van der Waals surface area contributed by atoms with Crippen molar-refractivity contribution >= 4 is 17.4 Å². The van der Waals surface area contributed by atoms with E-state index in [1.165, 1.54) is 38.4 Å². The van der Waals surface area contributed by atoms with Gasteiger partial charge in [0.2, 0.25) is 0 Å². The maximum Gasteiger partial charge on any atom is 0.199 e. The zero-order valence-electron chi connectivity index (χ0n) is 11.9. The highest BCUT2D eigenvalue weighted by atomic mass is 35.5. The van der Waals surface area contributed by atoms with Crippen LogP contribution in [-0.2, 0) is 0 Å². The number of nitrogens with zero attached hydrogens (tertiary/aromatic N) is 3. The van der Waals surface area contributed by atoms with Crippen molar-refractivity contribution in [2.45, 2.75) is 45.1 Å². The fourth-order valence-electron chi connectivity index (χ4n) is 2.88. The van der Waals surface area contributed by atoms with E-state index in [0.29, 0.717) is 16.9 Å². The maximum atomic E-state index is 6.06. The Morgan fingerprint density at radius 3 is 2.58 bits per heavy atom. The highest BCUT2D eigenvalue weighted by Crippen LogP contribution is 2.36. The molecule has 0 unspecified atom stereocenters. The summed E-state index contributed by atoms with van der Waals surface area (Å²) in [7, 11) is 3.67. The zero-order valence-corrected chi connectivity index (χ0v) is 12.7. The number of aromatic nitrogens is 2. The van der Waals surface area contributed by atoms with Crippen molar-refractivity contribution in [1.29, 1.82) is 0 Å². The van der Waals surface area contributed by atoms with E-state index in [0.717, 1.165) is 11.7 Å². The van der Waals surface area contributed by atoms with Crippen molar-refractivity contribution in [2.24, 2.45) is 5.92 Å². The predicted octanol–water partition coefficient (Wildman–Crippen LogP) is 3.54. The number of hydrogen-bond donors (Lipinski definition) is 0. The Balaban J connectivity index is 2.12. The molecular formula is C14H22ClN3O. The first-order chi connectivity index (χ1) is 9.17. The molecule has 1 saturated carbocycles. The summed E-state index contributed by atoms with van der Waals surface area (Å²) < 4.78 is 5.33. The number of ether oxygens (including phenoxy) is 1. The van der Waals surface area contributed by atoms with Crippen LogP contribution in [0.15, 0.2) is 6.33 Å². The summed E-state index contributed by atoms with van der Waals surface area (Å²) in [6, 6.07) is 0.516. The van der Waals surface area contributed by atoms with Crippen molar-refractivity contribution in [3.05, 3.63) is 11.5 Å². The van der Waals surface area contributed by atoms with Crippen molar-refractivity contribution in [1.82, 2.24) is 9.97 Å². The van der Waals surface area contributed by atoms with E-state index in [1.807, 2.05) is 0 Å². The van der Waals surface area contributed by atoms with Crippen LogP contribution in [0.25, 0.3) is 0 Å². The van der Waals surface area contributed by atoms with E-state index in [4.69, 9.17) is 16.3 Å². The first kappa shape index (κ1) is 14.4. The van der Waals surface area contributed by atoms with Gasteiger partial charge in [0.05, 0.1) is 7.11 Å². The van der Waals surface area contributed by atoms with E-state index in [-0.39, 0.29) is 0 Å². The minimum atomic E-state index is 0.376. The Morgan fingerprint density at radius 2 is 2.00 bits per heavy atom. The van der Waals surface area contributed by atoms with Gasteiger partial charge in [0.15, 0.2) is 16.7 Å². The molecular weight excluding hydrogens is 262 g/mol. The molecule has 1 aromatic heterocycles. The van der Waals surface area contributed by atoms with Crippen molar-refractivity contribution in [2.75, 3.05) is 19.1 Å². The average molecular weight is 284 g/mol. The van der Waals surface area contributed by atoms with Crippen LogP contribution in [0.3, 0.4) is 0 Å². The van der Waals surface area contributed by atoms with E-state index >= 15 is 0 Å². The lowest BCUT2D eigenvalue weighted by Crippen LogP contribution is -2.36. The smallest absolute Gasteiger partial charge is 0.199 e. The molecule has 2 rings (SSSR count). The van der Waals surface area contributed by atoms with Crippen LogP contribution in [0.5, 0.6) is 5.75 Å². The molecule has 0 aromatic carbocycles. The van der Waals surface area contributed by atoms with Gasteiger partial charge in [-0.1, -0.05) is 24.9 Å². The predicted molar refractivity (Wildman–Crippen MR) is 78.0 cm³/mol. The topological polar surface area (TPSA) is 38.2 Å². The van der Waals surface area contributed by atoms with E-state index in [2.05, 4.69) is 28.8 Å². The summed E-state index contributed by atoms with van der Waals surface area (Å²) in [6.07, 6.45) is 7.80. The van der Waals surface area contributed by atoms with Gasteiger partial charge in [0.1, 0.15) is 6.33 Å². The van der Waals surface area contributed by atoms with Crippen LogP contribution in [0.2, 0.25) is 5.15 Å². The third kappa shape index (κ3) is 3.11. The lowest BCUT2D eigenvalue weighted by atomic mass is 9.84. The van der Waals surface area contributed by atoms with Crippen LogP contribution < -0.4 is 9.64 Å². The second-order valence-electron chi connectivity index (χ2n) is 5.22. The molecule has 0 aliphatic heterocycles. The molecule has 5 heteroatoms. The molecule has 0 spiro atoms. The summed E-state index contributed by atoms with van der Waals surface area (Å²) in [4.78, 5) is 10.5. The fourth-order valence-corrected chi connectivity index (χ4v) is 3.09. The molecule has 1 aliphatic carbocycles. The average Bonchev–Trinajstić information content (AvgIpc) is 2.46. The van der Waals surface area contributed by atoms with Crippen molar-refractivity contribution < 1.29 is 4.74 Å². The standard InChI is InChI=1S/C14H22ClN3O/c1-4-10-5-7-11(8-6-10)18(2)14-12(19-3)13(15)16-9-17-14/h9-11H,4-8H2,1-3H3. The van der Waals surface area contributed by atoms with Gasteiger partial charge in [0.25, 0.3) is 0 Å². The molecule has 1 fully saturated rings. The summed E-state index contributed by atoms with van der Waals surface area (Å²) >= 11 is 6.06. The number of halogens is 1. The molecule has 106 valence electrons. The van der Waals surface area contributed by atoms with Gasteiger partial charge < -0.3 is 9.64 Å². The number of rotatable bonds is 4. The first-order valence-corrected chi connectivity index (χ1v) is 7.32. The van der Waals surface area contributed by atoms with Crippen LogP contribution in [0, 0.1) is 5.92 Å². The van der Waals surface area contributed by atoms with E-state index < -0.39 is 0 Å². The summed E-state index contributed by atoms with van der Waals surface area (Å²) in [5, 5.41) is 0.376. The van der Waals surface area contributed by atoms with E-state index in [1.54, 1.807) is 7.11 Å². The SMILES string of the molecule is CCC1CCC(N(C)c2ncnc(Cl)c2OC)CC1. The highest BCUT2D eigenvalue weighted by molar-refractivity contribution is 6.31. The quantitative estimate of drug-likeness (QED) is 0.792.